The van der Waals surface area contributed by atoms with Gasteiger partial charge in [-0.2, -0.15) is 11.8 Å². The first-order valence-electron chi connectivity index (χ1n) is 17.6. The molecule has 11 N–H and O–H groups in total. The first-order valence-corrected chi connectivity index (χ1v) is 19.0. The van der Waals surface area contributed by atoms with Crippen molar-refractivity contribution in [2.45, 2.75) is 109 Å². The molecule has 0 aromatic rings. The standard InChI is InChI=1S/C33H58N8O11S/c1-17(2)12-21(38-32(51)24-8-7-10-41(24)25(44)14-34)29(48)39-23(16-42)31(50)37-22(13-18(3)4)30(49)40-27(19(5)43)33(52)36-20(9-11-53-6)28(47)35-15-26(45)46/h17-24,27,42-43H,7-16,34H2,1-6H3,(H,35,47)(H,36,52)(H,37,50)(H,38,51)(H,39,48)(H,40,49)(H,45,46)/t19-,20+,21+,22+,23+,24+,27+/m1/s1. The van der Waals surface area contributed by atoms with Crippen molar-refractivity contribution in [1.82, 2.24) is 36.8 Å². The highest BCUT2D eigenvalue weighted by molar-refractivity contribution is 7.98. The van der Waals surface area contributed by atoms with Gasteiger partial charge in [0.15, 0.2) is 0 Å². The summed E-state index contributed by atoms with van der Waals surface area (Å²) in [6, 6.07) is -7.59. The second kappa shape index (κ2) is 23.6. The van der Waals surface area contributed by atoms with Gasteiger partial charge < -0.3 is 57.9 Å². The molecule has 0 bridgehead atoms. The van der Waals surface area contributed by atoms with Gasteiger partial charge in [0.1, 0.15) is 42.8 Å². The van der Waals surface area contributed by atoms with E-state index in [9.17, 15) is 48.6 Å². The van der Waals surface area contributed by atoms with Crippen LogP contribution in [0.25, 0.3) is 0 Å². The van der Waals surface area contributed by atoms with Crippen molar-refractivity contribution in [2.24, 2.45) is 17.6 Å². The van der Waals surface area contributed by atoms with Crippen LogP contribution in [0.1, 0.15) is 66.7 Å². The highest BCUT2D eigenvalue weighted by atomic mass is 32.2. The maximum atomic E-state index is 13.5. The predicted octanol–water partition coefficient (Wildman–Crippen LogP) is -3.22. The number of rotatable bonds is 23. The van der Waals surface area contributed by atoms with Gasteiger partial charge >= 0.3 is 5.97 Å². The van der Waals surface area contributed by atoms with E-state index < -0.39 is 103 Å². The van der Waals surface area contributed by atoms with Gasteiger partial charge in [-0.25, -0.2) is 0 Å². The Balaban J connectivity index is 3.12. The number of carboxylic acids is 1. The number of aliphatic carboxylic acids is 1. The summed E-state index contributed by atoms with van der Waals surface area (Å²) in [6.07, 6.45) is 1.58. The molecule has 1 rings (SSSR count). The monoisotopic (exact) mass is 774 g/mol. The van der Waals surface area contributed by atoms with Crippen LogP contribution in [0.15, 0.2) is 0 Å². The Hall–Kier alpha value is -4.01. The number of carbonyl (C=O) groups excluding carboxylic acids is 7. The number of nitrogens with two attached hydrogens (primary N) is 1. The Labute approximate surface area is 314 Å². The zero-order chi connectivity index (χ0) is 40.4. The molecule has 0 radical (unpaired) electrons. The summed E-state index contributed by atoms with van der Waals surface area (Å²) in [7, 11) is 0. The molecule has 0 spiro atoms. The highest BCUT2D eigenvalue weighted by Crippen LogP contribution is 2.18. The molecule has 7 atom stereocenters. The van der Waals surface area contributed by atoms with Gasteiger partial charge in [-0.3, -0.25) is 38.4 Å². The van der Waals surface area contributed by atoms with E-state index in [1.54, 1.807) is 20.1 Å². The smallest absolute Gasteiger partial charge is 0.322 e. The van der Waals surface area contributed by atoms with Gasteiger partial charge in [-0.05, 0) is 62.9 Å². The fourth-order valence-corrected chi connectivity index (χ4v) is 6.05. The predicted molar refractivity (Wildman–Crippen MR) is 195 cm³/mol. The molecule has 0 unspecified atom stereocenters. The fraction of sp³-hybridized carbons (Fsp3) is 0.758. The van der Waals surface area contributed by atoms with E-state index in [0.717, 1.165) is 0 Å². The molecule has 1 fully saturated rings. The molecule has 1 saturated heterocycles. The van der Waals surface area contributed by atoms with Crippen molar-refractivity contribution in [3.8, 4) is 0 Å². The van der Waals surface area contributed by atoms with Crippen LogP contribution in [0, 0.1) is 11.8 Å². The zero-order valence-corrected chi connectivity index (χ0v) is 32.1. The average Bonchev–Trinajstić information content (AvgIpc) is 3.58. The van der Waals surface area contributed by atoms with Crippen LogP contribution in [0.3, 0.4) is 0 Å². The van der Waals surface area contributed by atoms with Gasteiger partial charge in [0.2, 0.25) is 41.4 Å². The molecule has 20 heteroatoms. The quantitative estimate of drug-likeness (QED) is 0.0490. The lowest BCUT2D eigenvalue weighted by Gasteiger charge is -2.29. The molecular weight excluding hydrogens is 716 g/mol. The second-order valence-electron chi connectivity index (χ2n) is 13.8. The maximum absolute atomic E-state index is 13.5. The van der Waals surface area contributed by atoms with Gasteiger partial charge in [-0.15, -0.1) is 0 Å². The minimum atomic E-state index is -1.59. The van der Waals surface area contributed by atoms with Crippen molar-refractivity contribution >= 4 is 59.1 Å². The zero-order valence-electron chi connectivity index (χ0n) is 31.3. The Kier molecular flexibility index (Phi) is 20.9. The van der Waals surface area contributed by atoms with Gasteiger partial charge in [0, 0.05) is 6.54 Å². The third-order valence-electron chi connectivity index (χ3n) is 8.27. The number of likely N-dealkylation sites (tertiary alicyclic amines) is 1. The summed E-state index contributed by atoms with van der Waals surface area (Å²) >= 11 is 1.37. The van der Waals surface area contributed by atoms with Gasteiger partial charge in [0.05, 0.1) is 19.3 Å². The van der Waals surface area contributed by atoms with Crippen molar-refractivity contribution < 1.29 is 53.7 Å². The van der Waals surface area contributed by atoms with E-state index in [2.05, 4.69) is 31.9 Å². The molecule has 53 heavy (non-hydrogen) atoms. The minimum absolute atomic E-state index is 0.0389. The summed E-state index contributed by atoms with van der Waals surface area (Å²) in [5.74, 6) is -6.43. The number of amides is 7. The molecule has 0 aliphatic carbocycles. The Bertz CT molecular complexity index is 1290. The fourth-order valence-electron chi connectivity index (χ4n) is 5.58. The van der Waals surface area contributed by atoms with Crippen molar-refractivity contribution in [3.63, 3.8) is 0 Å². The van der Waals surface area contributed by atoms with Crippen molar-refractivity contribution in [2.75, 3.05) is 38.2 Å². The topological polar surface area (TPSA) is 299 Å². The van der Waals surface area contributed by atoms with E-state index >= 15 is 0 Å². The number of nitrogens with zero attached hydrogens (tertiary/aromatic N) is 1. The third kappa shape index (κ3) is 16.3. The van der Waals surface area contributed by atoms with Crippen LogP contribution in [0.4, 0.5) is 0 Å². The van der Waals surface area contributed by atoms with E-state index in [4.69, 9.17) is 10.8 Å². The first-order chi connectivity index (χ1) is 24.9. The normalized spacial score (nSPS) is 17.5. The minimum Gasteiger partial charge on any atom is -0.480 e. The molecule has 1 aliphatic heterocycles. The molecule has 1 heterocycles. The molecule has 0 aromatic carbocycles. The molecule has 0 aromatic heterocycles. The second-order valence-corrected chi connectivity index (χ2v) is 14.7. The van der Waals surface area contributed by atoms with E-state index in [1.807, 2.05) is 13.8 Å². The van der Waals surface area contributed by atoms with Crippen molar-refractivity contribution in [3.05, 3.63) is 0 Å². The summed E-state index contributed by atoms with van der Waals surface area (Å²) in [4.78, 5) is 104. The molecule has 7 amide bonds. The molecule has 19 nitrogen and oxygen atoms in total. The first kappa shape index (κ1) is 47.0. The van der Waals surface area contributed by atoms with E-state index in [1.165, 1.54) is 23.6 Å². The van der Waals surface area contributed by atoms with Crippen LogP contribution in [-0.2, 0) is 38.4 Å². The van der Waals surface area contributed by atoms with Crippen LogP contribution in [-0.4, -0.2) is 148 Å². The summed E-state index contributed by atoms with van der Waals surface area (Å²) in [5.41, 5.74) is 5.48. The van der Waals surface area contributed by atoms with Gasteiger partial charge in [0.25, 0.3) is 0 Å². The number of hydrogen-bond acceptors (Lipinski definition) is 12. The lowest BCUT2D eigenvalue weighted by Crippen LogP contribution is -2.62. The Morgan fingerprint density at radius 2 is 1.30 bits per heavy atom. The molecule has 0 saturated carbocycles. The molecule has 302 valence electrons. The Morgan fingerprint density at radius 1 is 0.774 bits per heavy atom. The van der Waals surface area contributed by atoms with Crippen molar-refractivity contribution in [1.29, 1.82) is 0 Å². The summed E-state index contributed by atoms with van der Waals surface area (Å²) in [5, 5.41) is 44.0. The average molecular weight is 775 g/mol. The highest BCUT2D eigenvalue weighted by Gasteiger charge is 2.37. The number of carbonyl (C=O) groups is 8. The molecule has 1 aliphatic rings. The largest absolute Gasteiger partial charge is 0.480 e. The number of aliphatic hydroxyl groups excluding tert-OH is 2. The number of thioether (sulfide) groups is 1. The summed E-state index contributed by atoms with van der Waals surface area (Å²) < 4.78 is 0. The number of nitrogens with one attached hydrogen (secondary N) is 6. The lowest BCUT2D eigenvalue weighted by atomic mass is 10.0. The number of hydrogen-bond donors (Lipinski definition) is 10. The van der Waals surface area contributed by atoms with Crippen LogP contribution in [0.5, 0.6) is 0 Å². The third-order valence-corrected chi connectivity index (χ3v) is 8.91. The van der Waals surface area contributed by atoms with Crippen LogP contribution < -0.4 is 37.6 Å². The van der Waals surface area contributed by atoms with E-state index in [0.29, 0.717) is 25.1 Å². The lowest BCUT2D eigenvalue weighted by molar-refractivity contribution is -0.139. The SMILES string of the molecule is CSCC[C@H](NC(=O)[C@@H](NC(=O)[C@H](CC(C)C)NC(=O)[C@H](CO)NC(=O)[C@H](CC(C)C)NC(=O)[C@@H]1CCCN1C(=O)CN)[C@@H](C)O)C(=O)NCC(=O)O. The number of aliphatic hydroxyl groups is 2. The maximum Gasteiger partial charge on any atom is 0.322 e. The van der Waals surface area contributed by atoms with Gasteiger partial charge in [-0.1, -0.05) is 27.7 Å². The number of carboxylic acid groups (broad SMARTS) is 1. The van der Waals surface area contributed by atoms with E-state index in [-0.39, 0.29) is 37.6 Å². The molecular formula is C33H58N8O11S. The van der Waals surface area contributed by atoms with Crippen LogP contribution >= 0.6 is 11.8 Å². The summed E-state index contributed by atoms with van der Waals surface area (Å²) in [6.45, 7) is 6.89. The Morgan fingerprint density at radius 3 is 1.81 bits per heavy atom. The van der Waals surface area contributed by atoms with Crippen LogP contribution in [0.2, 0.25) is 0 Å².